The Balaban J connectivity index is 2.24. The molecule has 0 radical (unpaired) electrons. The van der Waals surface area contributed by atoms with Crippen LogP contribution in [0.4, 0.5) is 11.5 Å². The number of pyridine rings is 1. The third-order valence-electron chi connectivity index (χ3n) is 2.29. The molecule has 1 aromatic carbocycles. The van der Waals surface area contributed by atoms with Crippen molar-refractivity contribution in [3.63, 3.8) is 0 Å². The van der Waals surface area contributed by atoms with Gasteiger partial charge in [-0.1, -0.05) is 30.4 Å². The van der Waals surface area contributed by atoms with Crippen molar-refractivity contribution in [1.29, 1.82) is 0 Å². The fourth-order valence-electron chi connectivity index (χ4n) is 1.51. The molecule has 0 bridgehead atoms. The van der Waals surface area contributed by atoms with Crippen LogP contribution in [0.15, 0.2) is 42.5 Å². The molecule has 2 aromatic rings. The normalized spacial score (nSPS) is 9.94. The van der Waals surface area contributed by atoms with E-state index in [0.717, 1.165) is 11.5 Å². The summed E-state index contributed by atoms with van der Waals surface area (Å²) < 4.78 is 0. The molecule has 3 N–H and O–H groups in total. The Morgan fingerprint density at radius 2 is 2.00 bits per heavy atom. The molecule has 0 spiro atoms. The van der Waals surface area contributed by atoms with E-state index < -0.39 is 0 Å². The van der Waals surface area contributed by atoms with Crippen LogP contribution >= 0.6 is 12.2 Å². The monoisotopic (exact) mass is 243 g/mol. The molecule has 0 amide bonds. The molecule has 0 aliphatic heterocycles. The highest BCUT2D eigenvalue weighted by atomic mass is 32.1. The van der Waals surface area contributed by atoms with Gasteiger partial charge in [-0.3, -0.25) is 0 Å². The van der Waals surface area contributed by atoms with E-state index in [4.69, 9.17) is 18.0 Å². The number of nitrogens with two attached hydrogens (primary N) is 1. The van der Waals surface area contributed by atoms with E-state index in [9.17, 15) is 0 Å². The van der Waals surface area contributed by atoms with Gasteiger partial charge in [-0.15, -0.1) is 0 Å². The van der Waals surface area contributed by atoms with Crippen LogP contribution < -0.4 is 11.1 Å². The molecule has 3 nitrogen and oxygen atoms in total. The molecule has 0 atom stereocenters. The lowest BCUT2D eigenvalue weighted by Crippen LogP contribution is -2.12. The molecule has 0 saturated heterocycles. The first-order valence-electron chi connectivity index (χ1n) is 5.26. The van der Waals surface area contributed by atoms with E-state index in [-0.39, 0.29) is 0 Å². The van der Waals surface area contributed by atoms with E-state index in [1.807, 2.05) is 37.3 Å². The van der Waals surface area contributed by atoms with Crippen LogP contribution in [0, 0.1) is 6.92 Å². The van der Waals surface area contributed by atoms with E-state index in [0.29, 0.717) is 10.7 Å². The number of anilines is 2. The number of thiocarbonyl (C=S) groups is 1. The number of rotatable bonds is 3. The summed E-state index contributed by atoms with van der Waals surface area (Å²) in [7, 11) is 0. The highest BCUT2D eigenvalue weighted by Crippen LogP contribution is 2.15. The highest BCUT2D eigenvalue weighted by molar-refractivity contribution is 7.80. The Morgan fingerprint density at radius 1 is 1.24 bits per heavy atom. The molecule has 0 fully saturated rings. The van der Waals surface area contributed by atoms with Crippen LogP contribution in [0.2, 0.25) is 0 Å². The van der Waals surface area contributed by atoms with Crippen LogP contribution in [0.1, 0.15) is 11.3 Å². The lowest BCUT2D eigenvalue weighted by atomic mass is 10.2. The molecular weight excluding hydrogens is 230 g/mol. The van der Waals surface area contributed by atoms with E-state index in [1.54, 1.807) is 6.07 Å². The number of hydrogen-bond donors (Lipinski definition) is 2. The van der Waals surface area contributed by atoms with E-state index in [2.05, 4.69) is 16.4 Å². The van der Waals surface area contributed by atoms with Gasteiger partial charge in [-0.05, 0) is 36.8 Å². The minimum absolute atomic E-state index is 0.304. The van der Waals surface area contributed by atoms with Gasteiger partial charge in [0.15, 0.2) is 0 Å². The second-order valence-corrected chi connectivity index (χ2v) is 4.21. The second kappa shape index (κ2) is 4.93. The third kappa shape index (κ3) is 3.01. The minimum Gasteiger partial charge on any atom is -0.388 e. The van der Waals surface area contributed by atoms with Gasteiger partial charge in [0.1, 0.15) is 10.8 Å². The molecule has 0 saturated carbocycles. The summed E-state index contributed by atoms with van der Waals surface area (Å²) >= 11 is 4.89. The van der Waals surface area contributed by atoms with Crippen molar-refractivity contribution in [2.24, 2.45) is 5.73 Å². The molecule has 86 valence electrons. The van der Waals surface area contributed by atoms with Crippen LogP contribution in [-0.4, -0.2) is 9.97 Å². The van der Waals surface area contributed by atoms with Crippen molar-refractivity contribution < 1.29 is 0 Å². The number of aromatic nitrogens is 1. The fraction of sp³-hybridized carbons (Fsp3) is 0.0769. The van der Waals surface area contributed by atoms with E-state index >= 15 is 0 Å². The number of benzene rings is 1. The van der Waals surface area contributed by atoms with Gasteiger partial charge in [-0.25, -0.2) is 4.98 Å². The van der Waals surface area contributed by atoms with Crippen molar-refractivity contribution in [2.75, 3.05) is 5.32 Å². The Kier molecular flexibility index (Phi) is 3.35. The number of nitrogens with zero attached hydrogens (tertiary/aromatic N) is 1. The zero-order valence-electron chi connectivity index (χ0n) is 9.47. The maximum absolute atomic E-state index is 5.54. The highest BCUT2D eigenvalue weighted by Gasteiger charge is 2.00. The number of hydrogen-bond acceptors (Lipinski definition) is 3. The summed E-state index contributed by atoms with van der Waals surface area (Å²) in [5.74, 6) is 0.737. The maximum Gasteiger partial charge on any atom is 0.131 e. The molecule has 0 aliphatic carbocycles. The molecule has 1 heterocycles. The van der Waals surface area contributed by atoms with E-state index in [1.165, 1.54) is 5.56 Å². The third-order valence-corrected chi connectivity index (χ3v) is 2.50. The Hall–Kier alpha value is -1.94. The van der Waals surface area contributed by atoms with Gasteiger partial charge in [0, 0.05) is 5.69 Å². The minimum atomic E-state index is 0.304. The van der Waals surface area contributed by atoms with Crippen LogP contribution in [0.3, 0.4) is 0 Å². The average molecular weight is 243 g/mol. The average Bonchev–Trinajstić information content (AvgIpc) is 2.29. The molecule has 1 aromatic heterocycles. The maximum atomic E-state index is 5.54. The smallest absolute Gasteiger partial charge is 0.131 e. The summed E-state index contributed by atoms with van der Waals surface area (Å²) in [5, 5.41) is 3.21. The van der Waals surface area contributed by atoms with Crippen molar-refractivity contribution in [2.45, 2.75) is 6.92 Å². The summed E-state index contributed by atoms with van der Waals surface area (Å²) in [6, 6.07) is 13.6. The molecule has 2 rings (SSSR count). The molecule has 0 unspecified atom stereocenters. The lowest BCUT2D eigenvalue weighted by molar-refractivity contribution is 1.28. The standard InChI is InChI=1S/C13H13N3S/c1-9-4-2-5-10(8-9)15-12-7-3-6-11(16-12)13(14)17/h2-8H,1H3,(H2,14,17)(H,15,16). The second-order valence-electron chi connectivity index (χ2n) is 3.77. The predicted octanol–water partition coefficient (Wildman–Crippen LogP) is 2.77. The van der Waals surface area contributed by atoms with Gasteiger partial charge in [0.25, 0.3) is 0 Å². The summed E-state index contributed by atoms with van der Waals surface area (Å²) in [4.78, 5) is 4.62. The zero-order chi connectivity index (χ0) is 12.3. The molecule has 17 heavy (non-hydrogen) atoms. The first-order valence-corrected chi connectivity index (χ1v) is 5.66. The molecular formula is C13H13N3S. The summed E-state index contributed by atoms with van der Waals surface area (Å²) in [5.41, 5.74) is 8.36. The van der Waals surface area contributed by atoms with Gasteiger partial charge in [0.2, 0.25) is 0 Å². The van der Waals surface area contributed by atoms with Crippen molar-refractivity contribution in [3.8, 4) is 0 Å². The van der Waals surface area contributed by atoms with Gasteiger partial charge >= 0.3 is 0 Å². The van der Waals surface area contributed by atoms with Crippen LogP contribution in [0.25, 0.3) is 0 Å². The van der Waals surface area contributed by atoms with Crippen molar-refractivity contribution >= 4 is 28.7 Å². The first kappa shape index (κ1) is 11.5. The van der Waals surface area contributed by atoms with Crippen LogP contribution in [0.5, 0.6) is 0 Å². The quantitative estimate of drug-likeness (QED) is 0.814. The largest absolute Gasteiger partial charge is 0.388 e. The Bertz CT molecular complexity index is 552. The number of nitrogens with one attached hydrogen (secondary N) is 1. The van der Waals surface area contributed by atoms with Crippen molar-refractivity contribution in [3.05, 3.63) is 53.7 Å². The topological polar surface area (TPSA) is 50.9 Å². The first-order chi connectivity index (χ1) is 8.15. The summed E-state index contributed by atoms with van der Waals surface area (Å²) in [6.45, 7) is 2.05. The van der Waals surface area contributed by atoms with Crippen molar-refractivity contribution in [1.82, 2.24) is 4.98 Å². The van der Waals surface area contributed by atoms with Gasteiger partial charge in [-0.2, -0.15) is 0 Å². The lowest BCUT2D eigenvalue weighted by Gasteiger charge is -2.07. The van der Waals surface area contributed by atoms with Gasteiger partial charge < -0.3 is 11.1 Å². The molecule has 4 heteroatoms. The van der Waals surface area contributed by atoms with Crippen LogP contribution in [-0.2, 0) is 0 Å². The fourth-order valence-corrected chi connectivity index (χ4v) is 1.63. The Morgan fingerprint density at radius 3 is 2.71 bits per heavy atom. The SMILES string of the molecule is Cc1cccc(Nc2cccc(C(N)=S)n2)c1. The molecule has 0 aliphatic rings. The predicted molar refractivity (Wildman–Crippen MR) is 74.6 cm³/mol. The number of aryl methyl sites for hydroxylation is 1. The summed E-state index contributed by atoms with van der Waals surface area (Å²) in [6.07, 6.45) is 0. The van der Waals surface area contributed by atoms with Gasteiger partial charge in [0.05, 0.1) is 5.69 Å². The Labute approximate surface area is 106 Å². The zero-order valence-corrected chi connectivity index (χ0v) is 10.3.